The topological polar surface area (TPSA) is 67.9 Å². The molecule has 6 heteroatoms. The van der Waals surface area contributed by atoms with E-state index in [9.17, 15) is 9.59 Å². The SMILES string of the molecule is CCCCCC(=O)N1c2ccccc2NC2=C(C(=O)C[C@H](c3ccc(OC)cc3)C2)[C@@H]1c1ccc(OC)cc1. The second-order valence-corrected chi connectivity index (χ2v) is 10.2. The normalized spacial score (nSPS) is 18.5. The fraction of sp³-hybridized carbons (Fsp3) is 0.333. The van der Waals surface area contributed by atoms with Crippen molar-refractivity contribution in [2.75, 3.05) is 24.4 Å². The molecule has 39 heavy (non-hydrogen) atoms. The van der Waals surface area contributed by atoms with Gasteiger partial charge < -0.3 is 14.8 Å². The zero-order valence-electron chi connectivity index (χ0n) is 22.9. The highest BCUT2D eigenvalue weighted by Gasteiger charge is 2.41. The fourth-order valence-electron chi connectivity index (χ4n) is 5.73. The Bertz CT molecular complexity index is 1360. The van der Waals surface area contributed by atoms with E-state index in [1.165, 1.54) is 0 Å². The van der Waals surface area contributed by atoms with Gasteiger partial charge in [0.15, 0.2) is 5.78 Å². The van der Waals surface area contributed by atoms with E-state index in [1.54, 1.807) is 14.2 Å². The summed E-state index contributed by atoms with van der Waals surface area (Å²) in [5.41, 5.74) is 5.18. The van der Waals surface area contributed by atoms with Crippen LogP contribution in [-0.2, 0) is 9.59 Å². The van der Waals surface area contributed by atoms with Gasteiger partial charge >= 0.3 is 0 Å². The predicted molar refractivity (Wildman–Crippen MR) is 154 cm³/mol. The van der Waals surface area contributed by atoms with Crippen LogP contribution in [0.25, 0.3) is 0 Å². The summed E-state index contributed by atoms with van der Waals surface area (Å²) in [4.78, 5) is 29.9. The van der Waals surface area contributed by atoms with Crippen molar-refractivity contribution < 1.29 is 19.1 Å². The number of para-hydroxylation sites is 2. The second-order valence-electron chi connectivity index (χ2n) is 10.2. The van der Waals surface area contributed by atoms with Crippen molar-refractivity contribution in [1.29, 1.82) is 0 Å². The number of unbranched alkanes of at least 4 members (excludes halogenated alkanes) is 2. The first-order valence-electron chi connectivity index (χ1n) is 13.8. The van der Waals surface area contributed by atoms with Crippen LogP contribution in [0.4, 0.5) is 11.4 Å². The highest BCUT2D eigenvalue weighted by Crippen LogP contribution is 2.47. The minimum atomic E-state index is -0.527. The van der Waals surface area contributed by atoms with Crippen LogP contribution in [0.2, 0.25) is 0 Å². The van der Waals surface area contributed by atoms with Crippen LogP contribution < -0.4 is 19.7 Å². The van der Waals surface area contributed by atoms with E-state index in [2.05, 4.69) is 12.2 Å². The number of fused-ring (bicyclic) bond motifs is 1. The second kappa shape index (κ2) is 11.8. The molecule has 3 aromatic rings. The van der Waals surface area contributed by atoms with E-state index in [0.717, 1.165) is 59.0 Å². The Hall–Kier alpha value is -4.06. The van der Waals surface area contributed by atoms with Gasteiger partial charge in [0.1, 0.15) is 11.5 Å². The number of amides is 1. The molecule has 1 aliphatic carbocycles. The molecule has 0 fully saturated rings. The van der Waals surface area contributed by atoms with Crippen molar-refractivity contribution in [3.05, 3.63) is 95.2 Å². The van der Waals surface area contributed by atoms with Gasteiger partial charge in [-0.25, -0.2) is 0 Å². The van der Waals surface area contributed by atoms with Gasteiger partial charge in [-0.1, -0.05) is 56.2 Å². The molecule has 0 radical (unpaired) electrons. The van der Waals surface area contributed by atoms with Crippen LogP contribution >= 0.6 is 0 Å². The summed E-state index contributed by atoms with van der Waals surface area (Å²) in [6.45, 7) is 2.13. The predicted octanol–water partition coefficient (Wildman–Crippen LogP) is 7.18. The average molecular weight is 525 g/mol. The van der Waals surface area contributed by atoms with Crippen molar-refractivity contribution in [2.24, 2.45) is 0 Å². The number of methoxy groups -OCH3 is 2. The highest BCUT2D eigenvalue weighted by atomic mass is 16.5. The van der Waals surface area contributed by atoms with Crippen molar-refractivity contribution >= 4 is 23.1 Å². The molecule has 0 saturated heterocycles. The smallest absolute Gasteiger partial charge is 0.227 e. The molecule has 0 unspecified atom stereocenters. The number of Topliss-reactive ketones (excluding diaryl/α,β-unsaturated/α-hetero) is 1. The lowest BCUT2D eigenvalue weighted by Crippen LogP contribution is -2.38. The van der Waals surface area contributed by atoms with Crippen LogP contribution in [0, 0.1) is 0 Å². The van der Waals surface area contributed by atoms with Crippen LogP contribution in [0.5, 0.6) is 11.5 Å². The van der Waals surface area contributed by atoms with Crippen molar-refractivity contribution in [3.8, 4) is 11.5 Å². The number of nitrogens with zero attached hydrogens (tertiary/aromatic N) is 1. The lowest BCUT2D eigenvalue weighted by Gasteiger charge is -2.35. The van der Waals surface area contributed by atoms with Crippen LogP contribution in [0.1, 0.15) is 68.5 Å². The van der Waals surface area contributed by atoms with Crippen LogP contribution in [0.15, 0.2) is 84.1 Å². The van der Waals surface area contributed by atoms with Crippen molar-refractivity contribution in [2.45, 2.75) is 57.4 Å². The summed E-state index contributed by atoms with van der Waals surface area (Å²) in [5, 5.41) is 3.60. The molecule has 0 spiro atoms. The first-order chi connectivity index (χ1) is 19.0. The minimum Gasteiger partial charge on any atom is -0.497 e. The Kier molecular flexibility index (Phi) is 8.01. The number of carbonyl (C=O) groups excluding carboxylic acids is 2. The molecule has 1 N–H and O–H groups in total. The Balaban J connectivity index is 1.63. The van der Waals surface area contributed by atoms with Gasteiger partial charge in [-0.15, -0.1) is 0 Å². The zero-order chi connectivity index (χ0) is 27.4. The molecule has 0 saturated carbocycles. The summed E-state index contributed by atoms with van der Waals surface area (Å²) in [6, 6.07) is 23.0. The van der Waals surface area contributed by atoms with Gasteiger partial charge in [0, 0.05) is 24.1 Å². The number of benzene rings is 3. The Labute approximate surface area is 230 Å². The largest absolute Gasteiger partial charge is 0.497 e. The first-order valence-corrected chi connectivity index (χ1v) is 13.8. The summed E-state index contributed by atoms with van der Waals surface area (Å²) in [6.07, 6.45) is 4.33. The number of allylic oxidation sites excluding steroid dienone is 1. The maximum atomic E-state index is 14.1. The summed E-state index contributed by atoms with van der Waals surface area (Å²) in [7, 11) is 3.28. The van der Waals surface area contributed by atoms with E-state index >= 15 is 0 Å². The van der Waals surface area contributed by atoms with Crippen LogP contribution in [0.3, 0.4) is 0 Å². The maximum Gasteiger partial charge on any atom is 0.227 e. The van der Waals surface area contributed by atoms with Gasteiger partial charge in [0.05, 0.1) is 31.6 Å². The number of hydrogen-bond acceptors (Lipinski definition) is 5. The molecule has 0 bridgehead atoms. The zero-order valence-corrected chi connectivity index (χ0v) is 22.9. The van der Waals surface area contributed by atoms with E-state index in [4.69, 9.17) is 9.47 Å². The molecule has 6 nitrogen and oxygen atoms in total. The highest BCUT2D eigenvalue weighted by molar-refractivity contribution is 6.06. The van der Waals surface area contributed by atoms with Gasteiger partial charge in [-0.3, -0.25) is 14.5 Å². The monoisotopic (exact) mass is 524 g/mol. The van der Waals surface area contributed by atoms with Gasteiger partial charge in [0.2, 0.25) is 5.91 Å². The third-order valence-electron chi connectivity index (χ3n) is 7.77. The quantitative estimate of drug-likeness (QED) is 0.316. The minimum absolute atomic E-state index is 0.0253. The van der Waals surface area contributed by atoms with Crippen molar-refractivity contribution in [3.63, 3.8) is 0 Å². The average Bonchev–Trinajstić information content (AvgIpc) is 3.12. The lowest BCUT2D eigenvalue weighted by molar-refractivity contribution is -0.119. The molecule has 1 heterocycles. The molecule has 2 aliphatic rings. The molecule has 2 atom stereocenters. The number of hydrogen-bond donors (Lipinski definition) is 1. The van der Waals surface area contributed by atoms with Crippen LogP contribution in [-0.4, -0.2) is 25.9 Å². The number of ketones is 1. The van der Waals surface area contributed by atoms with E-state index in [0.29, 0.717) is 24.8 Å². The Morgan fingerprint density at radius 2 is 1.51 bits per heavy atom. The van der Waals surface area contributed by atoms with Gasteiger partial charge in [-0.2, -0.15) is 0 Å². The third kappa shape index (κ3) is 5.42. The molecular weight excluding hydrogens is 488 g/mol. The molecule has 0 aromatic heterocycles. The standard InChI is InChI=1S/C33H36N2O4/c1-4-5-6-11-31(37)35-29-10-8-7-9-27(29)34-28-20-24(22-12-16-25(38-2)17-13-22)21-30(36)32(28)33(35)23-14-18-26(39-3)19-15-23/h7-10,12-19,24,33-34H,4-6,11,20-21H2,1-3H3/t24-,33+/m1/s1. The Morgan fingerprint density at radius 3 is 2.15 bits per heavy atom. The Morgan fingerprint density at radius 1 is 0.872 bits per heavy atom. The summed E-state index contributed by atoms with van der Waals surface area (Å²) in [5.74, 6) is 1.64. The third-order valence-corrected chi connectivity index (χ3v) is 7.77. The van der Waals surface area contributed by atoms with E-state index < -0.39 is 6.04 Å². The fourth-order valence-corrected chi connectivity index (χ4v) is 5.73. The van der Waals surface area contributed by atoms with Gasteiger partial charge in [0.25, 0.3) is 0 Å². The molecule has 3 aromatic carbocycles. The molecular formula is C33H36N2O4. The molecule has 202 valence electrons. The van der Waals surface area contributed by atoms with Crippen molar-refractivity contribution in [1.82, 2.24) is 0 Å². The number of rotatable bonds is 8. The molecule has 1 amide bonds. The number of carbonyl (C=O) groups is 2. The van der Waals surface area contributed by atoms with E-state index in [1.807, 2.05) is 77.7 Å². The number of nitrogens with one attached hydrogen (secondary N) is 1. The summed E-state index contributed by atoms with van der Waals surface area (Å²) < 4.78 is 10.7. The molecule has 1 aliphatic heterocycles. The first kappa shape index (κ1) is 26.5. The van der Waals surface area contributed by atoms with Gasteiger partial charge in [-0.05, 0) is 66.3 Å². The summed E-state index contributed by atoms with van der Waals surface area (Å²) >= 11 is 0. The van der Waals surface area contributed by atoms with E-state index in [-0.39, 0.29) is 17.6 Å². The molecule has 5 rings (SSSR count). The number of ether oxygens (including phenoxy) is 2. The lowest BCUT2D eigenvalue weighted by atomic mass is 9.78. The maximum absolute atomic E-state index is 14.1. The number of anilines is 2.